The second-order valence-corrected chi connectivity index (χ2v) is 5.43. The molecule has 0 saturated carbocycles. The number of nitro groups is 1. The molecule has 1 amide bonds. The summed E-state index contributed by atoms with van der Waals surface area (Å²) >= 11 is 0. The normalized spacial score (nSPS) is 11.0. The standard InChI is InChI=1S/C9H10N2O6S/c1-6-3-4-7(5-8(6)11(14)15)18(16,17)10(2)9(12)13/h3-5H,1-2H3,(H,12,13). The summed E-state index contributed by atoms with van der Waals surface area (Å²) in [6, 6.07) is 3.21. The van der Waals surface area contributed by atoms with Crippen molar-refractivity contribution >= 4 is 21.8 Å². The van der Waals surface area contributed by atoms with Crippen LogP contribution in [0.25, 0.3) is 0 Å². The van der Waals surface area contributed by atoms with E-state index in [2.05, 4.69) is 0 Å². The minimum atomic E-state index is -4.28. The van der Waals surface area contributed by atoms with Crippen molar-refractivity contribution in [2.75, 3.05) is 7.05 Å². The number of hydrogen-bond acceptors (Lipinski definition) is 5. The van der Waals surface area contributed by atoms with Gasteiger partial charge in [-0.2, -0.15) is 0 Å². The van der Waals surface area contributed by atoms with Crippen molar-refractivity contribution in [3.8, 4) is 0 Å². The van der Waals surface area contributed by atoms with E-state index in [1.165, 1.54) is 13.0 Å². The zero-order valence-electron chi connectivity index (χ0n) is 9.52. The van der Waals surface area contributed by atoms with Gasteiger partial charge in [0.1, 0.15) is 0 Å². The molecule has 1 rings (SSSR count). The van der Waals surface area contributed by atoms with Crippen LogP contribution in [-0.4, -0.2) is 35.9 Å². The van der Waals surface area contributed by atoms with Crippen molar-refractivity contribution in [3.63, 3.8) is 0 Å². The topological polar surface area (TPSA) is 118 Å². The van der Waals surface area contributed by atoms with Gasteiger partial charge in [0.15, 0.2) is 0 Å². The third-order valence-corrected chi connectivity index (χ3v) is 4.03. The highest BCUT2D eigenvalue weighted by Crippen LogP contribution is 2.23. The Labute approximate surface area is 103 Å². The first-order valence-corrected chi connectivity index (χ1v) is 6.09. The second kappa shape index (κ2) is 4.61. The van der Waals surface area contributed by atoms with Gasteiger partial charge in [-0.25, -0.2) is 17.5 Å². The molecule has 0 saturated heterocycles. The Morgan fingerprint density at radius 3 is 2.44 bits per heavy atom. The van der Waals surface area contributed by atoms with E-state index in [1.807, 2.05) is 0 Å². The van der Waals surface area contributed by atoms with Gasteiger partial charge in [-0.1, -0.05) is 6.07 Å². The maximum Gasteiger partial charge on any atom is 0.421 e. The molecule has 0 heterocycles. The van der Waals surface area contributed by atoms with E-state index in [0.29, 0.717) is 0 Å². The number of rotatable bonds is 3. The summed E-state index contributed by atoms with van der Waals surface area (Å²) in [5.41, 5.74) is -0.0909. The summed E-state index contributed by atoms with van der Waals surface area (Å²) in [7, 11) is -3.43. The molecule has 1 aromatic carbocycles. The minimum Gasteiger partial charge on any atom is -0.464 e. The summed E-state index contributed by atoms with van der Waals surface area (Å²) in [6.45, 7) is 1.45. The van der Waals surface area contributed by atoms with Crippen LogP contribution >= 0.6 is 0 Å². The van der Waals surface area contributed by atoms with E-state index in [-0.39, 0.29) is 15.6 Å². The van der Waals surface area contributed by atoms with Crippen molar-refractivity contribution in [1.29, 1.82) is 0 Å². The maximum absolute atomic E-state index is 11.8. The lowest BCUT2D eigenvalue weighted by molar-refractivity contribution is -0.385. The quantitative estimate of drug-likeness (QED) is 0.653. The average molecular weight is 274 g/mol. The lowest BCUT2D eigenvalue weighted by Crippen LogP contribution is -2.31. The van der Waals surface area contributed by atoms with Gasteiger partial charge in [0.05, 0.1) is 9.82 Å². The molecule has 98 valence electrons. The number of carboxylic acid groups (broad SMARTS) is 1. The third kappa shape index (κ3) is 2.40. The number of nitrogens with zero attached hydrogens (tertiary/aromatic N) is 2. The van der Waals surface area contributed by atoms with Crippen LogP contribution in [0.4, 0.5) is 10.5 Å². The highest BCUT2D eigenvalue weighted by atomic mass is 32.2. The first kappa shape index (κ1) is 13.9. The van der Waals surface area contributed by atoms with Crippen molar-refractivity contribution in [3.05, 3.63) is 33.9 Å². The molecule has 1 N–H and O–H groups in total. The lowest BCUT2D eigenvalue weighted by atomic mass is 10.2. The van der Waals surface area contributed by atoms with Crippen LogP contribution in [0.3, 0.4) is 0 Å². The van der Waals surface area contributed by atoms with Gasteiger partial charge in [0, 0.05) is 18.7 Å². The Morgan fingerprint density at radius 1 is 1.44 bits per heavy atom. The smallest absolute Gasteiger partial charge is 0.421 e. The molecule has 1 aromatic rings. The molecule has 0 aliphatic heterocycles. The lowest BCUT2D eigenvalue weighted by Gasteiger charge is -2.13. The molecule has 18 heavy (non-hydrogen) atoms. The van der Waals surface area contributed by atoms with E-state index in [1.54, 1.807) is 0 Å². The number of carbonyl (C=O) groups is 1. The molecule has 0 fully saturated rings. The number of sulfonamides is 1. The first-order chi connectivity index (χ1) is 8.17. The summed E-state index contributed by atoms with van der Waals surface area (Å²) in [4.78, 5) is 20.1. The predicted octanol–water partition coefficient (Wildman–Crippen LogP) is 1.20. The van der Waals surface area contributed by atoms with Crippen molar-refractivity contribution in [2.24, 2.45) is 0 Å². The Morgan fingerprint density at radius 2 is 2.00 bits per heavy atom. The SMILES string of the molecule is Cc1ccc(S(=O)(=O)N(C)C(=O)O)cc1[N+](=O)[O-]. The molecular formula is C9H10N2O6S. The van der Waals surface area contributed by atoms with Crippen LogP contribution in [0.1, 0.15) is 5.56 Å². The fourth-order valence-electron chi connectivity index (χ4n) is 1.21. The molecule has 0 atom stereocenters. The Balaban J connectivity index is 3.39. The molecule has 9 heteroatoms. The van der Waals surface area contributed by atoms with Gasteiger partial charge in [-0.3, -0.25) is 10.1 Å². The second-order valence-electron chi connectivity index (χ2n) is 3.46. The molecule has 0 unspecified atom stereocenters. The first-order valence-electron chi connectivity index (χ1n) is 4.65. The average Bonchev–Trinajstić information content (AvgIpc) is 2.27. The molecular weight excluding hydrogens is 264 g/mol. The van der Waals surface area contributed by atoms with Crippen LogP contribution in [-0.2, 0) is 10.0 Å². The predicted molar refractivity (Wildman–Crippen MR) is 60.8 cm³/mol. The van der Waals surface area contributed by atoms with E-state index in [9.17, 15) is 23.3 Å². The zero-order chi connectivity index (χ0) is 14.1. The fourth-order valence-corrected chi connectivity index (χ4v) is 2.23. The van der Waals surface area contributed by atoms with Gasteiger partial charge in [-0.15, -0.1) is 0 Å². The number of hydrogen-bond donors (Lipinski definition) is 1. The molecule has 0 spiro atoms. The highest BCUT2D eigenvalue weighted by Gasteiger charge is 2.27. The Bertz CT molecular complexity index is 609. The van der Waals surface area contributed by atoms with Gasteiger partial charge in [0.2, 0.25) is 0 Å². The van der Waals surface area contributed by atoms with Crippen molar-refractivity contribution in [1.82, 2.24) is 4.31 Å². The summed E-state index contributed by atoms with van der Waals surface area (Å²) in [6.07, 6.45) is -1.67. The Hall–Kier alpha value is -2.16. The number of nitro benzene ring substituents is 1. The largest absolute Gasteiger partial charge is 0.464 e. The van der Waals surface area contributed by atoms with Gasteiger partial charge < -0.3 is 5.11 Å². The number of benzene rings is 1. The number of amides is 1. The molecule has 0 radical (unpaired) electrons. The maximum atomic E-state index is 11.8. The summed E-state index contributed by atoms with van der Waals surface area (Å²) in [5, 5.41) is 19.3. The Kier molecular flexibility index (Phi) is 3.56. The molecule has 8 nitrogen and oxygen atoms in total. The fraction of sp³-hybridized carbons (Fsp3) is 0.222. The molecule has 0 aromatic heterocycles. The third-order valence-electron chi connectivity index (χ3n) is 2.31. The van der Waals surface area contributed by atoms with Crippen LogP contribution in [0, 0.1) is 17.0 Å². The van der Waals surface area contributed by atoms with Gasteiger partial charge in [-0.05, 0) is 13.0 Å². The number of aryl methyl sites for hydroxylation is 1. The summed E-state index contributed by atoms with van der Waals surface area (Å²) in [5.74, 6) is 0. The molecule has 0 aliphatic rings. The van der Waals surface area contributed by atoms with Crippen LogP contribution in [0.15, 0.2) is 23.1 Å². The monoisotopic (exact) mass is 274 g/mol. The van der Waals surface area contributed by atoms with Crippen LogP contribution < -0.4 is 0 Å². The van der Waals surface area contributed by atoms with Crippen LogP contribution in [0.5, 0.6) is 0 Å². The van der Waals surface area contributed by atoms with Gasteiger partial charge >= 0.3 is 6.09 Å². The van der Waals surface area contributed by atoms with Gasteiger partial charge in [0.25, 0.3) is 15.7 Å². The van der Waals surface area contributed by atoms with Crippen molar-refractivity contribution in [2.45, 2.75) is 11.8 Å². The molecule has 0 bridgehead atoms. The van der Waals surface area contributed by atoms with Crippen LogP contribution in [0.2, 0.25) is 0 Å². The van der Waals surface area contributed by atoms with Crippen molar-refractivity contribution < 1.29 is 23.2 Å². The van der Waals surface area contributed by atoms with E-state index in [0.717, 1.165) is 19.2 Å². The van der Waals surface area contributed by atoms with E-state index < -0.39 is 25.9 Å². The highest BCUT2D eigenvalue weighted by molar-refractivity contribution is 7.89. The summed E-state index contributed by atoms with van der Waals surface area (Å²) < 4.78 is 23.7. The van der Waals surface area contributed by atoms with E-state index in [4.69, 9.17) is 5.11 Å². The molecule has 0 aliphatic carbocycles. The minimum absolute atomic E-state index is 0.0986. The van der Waals surface area contributed by atoms with E-state index >= 15 is 0 Å². The zero-order valence-corrected chi connectivity index (χ0v) is 10.3.